The Morgan fingerprint density at radius 3 is 2.52 bits per heavy atom. The topological polar surface area (TPSA) is 65.9 Å². The summed E-state index contributed by atoms with van der Waals surface area (Å²) in [4.78, 5) is 4.85. The SMILES string of the molecule is CCNC(=NCC1(CCOCC)CCCC1)NCC(O)c1ccc(C)cc1. The quantitative estimate of drug-likeness (QED) is 0.332. The molecule has 1 saturated carbocycles. The molecule has 0 bridgehead atoms. The van der Waals surface area contributed by atoms with E-state index in [4.69, 9.17) is 9.73 Å². The normalized spacial score (nSPS) is 17.7. The molecule has 1 aliphatic rings. The van der Waals surface area contributed by atoms with Crippen LogP contribution in [0.4, 0.5) is 0 Å². The summed E-state index contributed by atoms with van der Waals surface area (Å²) in [5, 5.41) is 17.0. The number of ether oxygens (including phenoxy) is 1. The number of aryl methyl sites for hydroxylation is 1. The van der Waals surface area contributed by atoms with E-state index >= 15 is 0 Å². The van der Waals surface area contributed by atoms with Crippen molar-refractivity contribution in [3.05, 3.63) is 35.4 Å². The molecule has 2 rings (SSSR count). The van der Waals surface area contributed by atoms with Crippen LogP contribution in [0.1, 0.15) is 63.2 Å². The lowest BCUT2D eigenvalue weighted by atomic mass is 9.83. The molecule has 0 heterocycles. The van der Waals surface area contributed by atoms with Crippen molar-refractivity contribution in [2.45, 2.75) is 59.0 Å². The number of nitrogens with zero attached hydrogens (tertiary/aromatic N) is 1. The fourth-order valence-corrected chi connectivity index (χ4v) is 3.73. The predicted octanol–water partition coefficient (Wildman–Crippen LogP) is 3.57. The van der Waals surface area contributed by atoms with E-state index in [-0.39, 0.29) is 5.41 Å². The highest BCUT2D eigenvalue weighted by molar-refractivity contribution is 5.79. The summed E-state index contributed by atoms with van der Waals surface area (Å²) in [5.74, 6) is 0.784. The highest BCUT2D eigenvalue weighted by atomic mass is 16.5. The summed E-state index contributed by atoms with van der Waals surface area (Å²) in [7, 11) is 0. The number of aliphatic hydroxyl groups excluding tert-OH is 1. The van der Waals surface area contributed by atoms with Crippen molar-refractivity contribution in [3.8, 4) is 0 Å². The van der Waals surface area contributed by atoms with Gasteiger partial charge in [0.05, 0.1) is 6.10 Å². The van der Waals surface area contributed by atoms with Crippen LogP contribution >= 0.6 is 0 Å². The Morgan fingerprint density at radius 2 is 1.89 bits per heavy atom. The van der Waals surface area contributed by atoms with Gasteiger partial charge in [-0.05, 0) is 51.0 Å². The molecule has 152 valence electrons. The molecule has 3 N–H and O–H groups in total. The van der Waals surface area contributed by atoms with Gasteiger partial charge < -0.3 is 20.5 Å². The largest absolute Gasteiger partial charge is 0.387 e. The third-order valence-corrected chi connectivity index (χ3v) is 5.49. The summed E-state index contributed by atoms with van der Waals surface area (Å²) < 4.78 is 5.60. The number of guanidine groups is 1. The standard InChI is InChI=1S/C22H37N3O2/c1-4-23-21(24-16-20(26)19-10-8-18(3)9-11-19)25-17-22(12-6-7-13-22)14-15-27-5-2/h8-11,20,26H,4-7,12-17H2,1-3H3,(H2,23,24,25). The molecule has 0 amide bonds. The van der Waals surface area contributed by atoms with Gasteiger partial charge in [-0.3, -0.25) is 4.99 Å². The van der Waals surface area contributed by atoms with Crippen LogP contribution < -0.4 is 10.6 Å². The van der Waals surface area contributed by atoms with Crippen molar-refractivity contribution in [1.82, 2.24) is 10.6 Å². The molecule has 5 heteroatoms. The maximum Gasteiger partial charge on any atom is 0.191 e. The maximum atomic E-state index is 10.4. The number of hydrogen-bond acceptors (Lipinski definition) is 3. The second kappa shape index (κ2) is 11.3. The minimum Gasteiger partial charge on any atom is -0.387 e. The molecule has 0 spiro atoms. The fourth-order valence-electron chi connectivity index (χ4n) is 3.73. The molecular weight excluding hydrogens is 338 g/mol. The highest BCUT2D eigenvalue weighted by Crippen LogP contribution is 2.41. The van der Waals surface area contributed by atoms with E-state index in [2.05, 4.69) is 24.5 Å². The van der Waals surface area contributed by atoms with Gasteiger partial charge in [0.25, 0.3) is 0 Å². The lowest BCUT2D eigenvalue weighted by molar-refractivity contribution is 0.107. The van der Waals surface area contributed by atoms with Gasteiger partial charge in [0, 0.05) is 32.8 Å². The molecule has 1 fully saturated rings. The molecular formula is C22H37N3O2. The van der Waals surface area contributed by atoms with Crippen molar-refractivity contribution in [2.75, 3.05) is 32.8 Å². The Morgan fingerprint density at radius 1 is 1.19 bits per heavy atom. The van der Waals surface area contributed by atoms with E-state index in [9.17, 15) is 5.11 Å². The van der Waals surface area contributed by atoms with Crippen LogP contribution in [-0.2, 0) is 4.74 Å². The van der Waals surface area contributed by atoms with Gasteiger partial charge in [-0.1, -0.05) is 42.7 Å². The van der Waals surface area contributed by atoms with Crippen LogP contribution in [0.2, 0.25) is 0 Å². The van der Waals surface area contributed by atoms with Gasteiger partial charge in [-0.2, -0.15) is 0 Å². The third kappa shape index (κ3) is 7.15. The number of rotatable bonds is 10. The van der Waals surface area contributed by atoms with E-state index in [0.717, 1.165) is 44.2 Å². The molecule has 0 aromatic heterocycles. The zero-order valence-electron chi connectivity index (χ0n) is 17.3. The average molecular weight is 376 g/mol. The number of benzene rings is 1. The second-order valence-electron chi connectivity index (χ2n) is 7.66. The third-order valence-electron chi connectivity index (χ3n) is 5.49. The molecule has 1 unspecified atom stereocenters. The zero-order chi connectivity index (χ0) is 19.5. The Bertz CT molecular complexity index is 565. The van der Waals surface area contributed by atoms with Gasteiger partial charge in [0.2, 0.25) is 0 Å². The van der Waals surface area contributed by atoms with Gasteiger partial charge in [-0.15, -0.1) is 0 Å². The second-order valence-corrected chi connectivity index (χ2v) is 7.66. The lowest BCUT2D eigenvalue weighted by Gasteiger charge is -2.27. The summed E-state index contributed by atoms with van der Waals surface area (Å²) in [6.45, 7) is 9.83. The number of aliphatic hydroxyl groups is 1. The number of aliphatic imine (C=N–C) groups is 1. The summed E-state index contributed by atoms with van der Waals surface area (Å²) >= 11 is 0. The predicted molar refractivity (Wildman–Crippen MR) is 112 cm³/mol. The first-order valence-electron chi connectivity index (χ1n) is 10.4. The zero-order valence-corrected chi connectivity index (χ0v) is 17.3. The molecule has 1 aliphatic carbocycles. The summed E-state index contributed by atoms with van der Waals surface area (Å²) in [6.07, 6.45) is 5.57. The summed E-state index contributed by atoms with van der Waals surface area (Å²) in [6, 6.07) is 8.01. The molecule has 0 radical (unpaired) electrons. The molecule has 27 heavy (non-hydrogen) atoms. The van der Waals surface area contributed by atoms with Crippen LogP contribution in [0.25, 0.3) is 0 Å². The van der Waals surface area contributed by atoms with Crippen LogP contribution in [0.5, 0.6) is 0 Å². The highest BCUT2D eigenvalue weighted by Gasteiger charge is 2.33. The summed E-state index contributed by atoms with van der Waals surface area (Å²) in [5.41, 5.74) is 2.39. The molecule has 0 aliphatic heterocycles. The van der Waals surface area contributed by atoms with E-state index in [1.54, 1.807) is 0 Å². The first-order chi connectivity index (χ1) is 13.1. The van der Waals surface area contributed by atoms with Crippen molar-refractivity contribution in [2.24, 2.45) is 10.4 Å². The molecule has 1 aromatic rings. The van der Waals surface area contributed by atoms with Gasteiger partial charge in [0.1, 0.15) is 0 Å². The van der Waals surface area contributed by atoms with Crippen LogP contribution in [0.3, 0.4) is 0 Å². The first kappa shape index (κ1) is 21.7. The van der Waals surface area contributed by atoms with Gasteiger partial charge >= 0.3 is 0 Å². The van der Waals surface area contributed by atoms with Crippen LogP contribution in [-0.4, -0.2) is 43.9 Å². The lowest BCUT2D eigenvalue weighted by Crippen LogP contribution is -2.40. The molecule has 1 atom stereocenters. The number of hydrogen-bond donors (Lipinski definition) is 3. The smallest absolute Gasteiger partial charge is 0.191 e. The monoisotopic (exact) mass is 375 g/mol. The van der Waals surface area contributed by atoms with Crippen molar-refractivity contribution in [1.29, 1.82) is 0 Å². The Balaban J connectivity index is 1.92. The molecule has 0 saturated heterocycles. The van der Waals surface area contributed by atoms with Crippen molar-refractivity contribution in [3.63, 3.8) is 0 Å². The van der Waals surface area contributed by atoms with E-state index in [1.807, 2.05) is 31.2 Å². The Labute approximate surface area is 164 Å². The molecule has 1 aromatic carbocycles. The molecule has 5 nitrogen and oxygen atoms in total. The Hall–Kier alpha value is -1.59. The average Bonchev–Trinajstić information content (AvgIpc) is 3.13. The minimum atomic E-state index is -0.548. The fraction of sp³-hybridized carbons (Fsp3) is 0.682. The van der Waals surface area contributed by atoms with E-state index in [0.29, 0.717) is 6.54 Å². The van der Waals surface area contributed by atoms with Crippen molar-refractivity contribution < 1.29 is 9.84 Å². The van der Waals surface area contributed by atoms with E-state index in [1.165, 1.54) is 31.2 Å². The van der Waals surface area contributed by atoms with Gasteiger partial charge in [0.15, 0.2) is 5.96 Å². The Kier molecular flexibility index (Phi) is 9.08. The number of nitrogens with one attached hydrogen (secondary N) is 2. The van der Waals surface area contributed by atoms with Crippen LogP contribution in [0, 0.1) is 12.3 Å². The minimum absolute atomic E-state index is 0.271. The van der Waals surface area contributed by atoms with E-state index < -0.39 is 6.10 Å². The first-order valence-corrected chi connectivity index (χ1v) is 10.4. The van der Waals surface area contributed by atoms with Crippen LogP contribution in [0.15, 0.2) is 29.3 Å². The van der Waals surface area contributed by atoms with Gasteiger partial charge in [-0.25, -0.2) is 0 Å². The van der Waals surface area contributed by atoms with Crippen molar-refractivity contribution >= 4 is 5.96 Å². The maximum absolute atomic E-state index is 10.4.